The molecular weight excluding hydrogens is 444 g/mol. The van der Waals surface area contributed by atoms with Crippen molar-refractivity contribution in [2.45, 2.75) is 32.6 Å². The number of ether oxygens (including phenoxy) is 2. The van der Waals surface area contributed by atoms with Crippen molar-refractivity contribution in [2.24, 2.45) is 0 Å². The largest absolute Gasteiger partial charge is 0.493 e. The van der Waals surface area contributed by atoms with Crippen molar-refractivity contribution >= 4 is 11.7 Å². The van der Waals surface area contributed by atoms with Crippen LogP contribution in [0.3, 0.4) is 0 Å². The monoisotopic (exact) mass is 470 g/mol. The van der Waals surface area contributed by atoms with Crippen LogP contribution in [0, 0.1) is 6.92 Å². The lowest BCUT2D eigenvalue weighted by Crippen LogP contribution is -2.25. The molecule has 9 heteroatoms. The van der Waals surface area contributed by atoms with Crippen LogP contribution in [0.25, 0.3) is 17.2 Å². The molecule has 1 amide bonds. The SMILES string of the molecule is CCCOc1cc([C@H]2CC(=O)Nc3c2c(C)nn3-c2nncc(-c3ccccc3)n2)ccc1OC. The molecular formula is C26H26N6O3. The van der Waals surface area contributed by atoms with Gasteiger partial charge in [0.15, 0.2) is 11.5 Å². The number of anilines is 1. The average molecular weight is 471 g/mol. The van der Waals surface area contributed by atoms with Gasteiger partial charge in [-0.15, -0.1) is 5.10 Å². The van der Waals surface area contributed by atoms with Crippen LogP contribution in [0.2, 0.25) is 0 Å². The average Bonchev–Trinajstić information content (AvgIpc) is 3.23. The van der Waals surface area contributed by atoms with Crippen molar-refractivity contribution < 1.29 is 14.3 Å². The number of aromatic nitrogens is 5. The van der Waals surface area contributed by atoms with Gasteiger partial charge in [-0.2, -0.15) is 14.9 Å². The molecule has 0 unspecified atom stereocenters. The first-order valence-electron chi connectivity index (χ1n) is 11.5. The summed E-state index contributed by atoms with van der Waals surface area (Å²) >= 11 is 0. The highest BCUT2D eigenvalue weighted by molar-refractivity contribution is 5.95. The number of hydrogen-bond acceptors (Lipinski definition) is 7. The minimum Gasteiger partial charge on any atom is -0.493 e. The molecule has 178 valence electrons. The zero-order valence-corrected chi connectivity index (χ0v) is 19.9. The molecule has 1 N–H and O–H groups in total. The third-order valence-electron chi connectivity index (χ3n) is 5.96. The van der Waals surface area contributed by atoms with E-state index in [4.69, 9.17) is 14.6 Å². The molecule has 3 heterocycles. The van der Waals surface area contributed by atoms with Crippen LogP contribution < -0.4 is 14.8 Å². The van der Waals surface area contributed by atoms with Crippen molar-refractivity contribution in [3.8, 4) is 28.7 Å². The van der Waals surface area contributed by atoms with Crippen LogP contribution in [0.15, 0.2) is 54.7 Å². The van der Waals surface area contributed by atoms with E-state index < -0.39 is 0 Å². The number of carbonyl (C=O) groups excluding carboxylic acids is 1. The smallest absolute Gasteiger partial charge is 0.272 e. The van der Waals surface area contributed by atoms with Gasteiger partial charge < -0.3 is 14.8 Å². The lowest BCUT2D eigenvalue weighted by Gasteiger charge is -2.25. The van der Waals surface area contributed by atoms with Gasteiger partial charge in [0.05, 0.1) is 31.3 Å². The van der Waals surface area contributed by atoms with E-state index in [1.54, 1.807) is 18.0 Å². The first-order chi connectivity index (χ1) is 17.1. The van der Waals surface area contributed by atoms with Crippen LogP contribution in [-0.2, 0) is 4.79 Å². The van der Waals surface area contributed by atoms with Crippen LogP contribution >= 0.6 is 0 Å². The summed E-state index contributed by atoms with van der Waals surface area (Å²) in [6, 6.07) is 15.5. The molecule has 0 radical (unpaired) electrons. The summed E-state index contributed by atoms with van der Waals surface area (Å²) in [4.78, 5) is 17.5. The maximum Gasteiger partial charge on any atom is 0.272 e. The predicted molar refractivity (Wildman–Crippen MR) is 131 cm³/mol. The van der Waals surface area contributed by atoms with Gasteiger partial charge in [-0.1, -0.05) is 43.3 Å². The Balaban J connectivity index is 1.58. The third-order valence-corrected chi connectivity index (χ3v) is 5.96. The number of aryl methyl sites for hydroxylation is 1. The second kappa shape index (κ2) is 9.54. The van der Waals surface area contributed by atoms with Crippen molar-refractivity contribution in [2.75, 3.05) is 19.0 Å². The Hall–Kier alpha value is -4.27. The summed E-state index contributed by atoms with van der Waals surface area (Å²) in [5, 5.41) is 16.0. The van der Waals surface area contributed by atoms with E-state index in [1.165, 1.54) is 0 Å². The number of benzene rings is 2. The van der Waals surface area contributed by atoms with E-state index >= 15 is 0 Å². The standard InChI is InChI=1S/C26H26N6O3/c1-4-12-35-22-13-18(10-11-21(22)34-3)19-14-23(33)29-25-24(19)16(2)31-32(25)26-28-20(15-27-30-26)17-8-6-5-7-9-17/h5-11,13,15,19H,4,12,14H2,1-3H3,(H,29,33)/t19-/m1/s1. The minimum absolute atomic E-state index is 0.109. The van der Waals surface area contributed by atoms with Gasteiger partial charge in [-0.3, -0.25) is 4.79 Å². The number of amides is 1. The molecule has 1 aliphatic heterocycles. The summed E-state index contributed by atoms with van der Waals surface area (Å²) in [6.45, 7) is 4.55. The molecule has 2 aromatic carbocycles. The van der Waals surface area contributed by atoms with Gasteiger partial charge in [0, 0.05) is 23.5 Å². The van der Waals surface area contributed by atoms with E-state index in [1.807, 2.05) is 55.5 Å². The van der Waals surface area contributed by atoms with Crippen LogP contribution in [0.5, 0.6) is 11.5 Å². The number of rotatable bonds is 7. The lowest BCUT2D eigenvalue weighted by molar-refractivity contribution is -0.116. The van der Waals surface area contributed by atoms with Gasteiger partial charge in [0.2, 0.25) is 5.91 Å². The van der Waals surface area contributed by atoms with Gasteiger partial charge in [0.25, 0.3) is 5.95 Å². The summed E-state index contributed by atoms with van der Waals surface area (Å²) < 4.78 is 12.9. The topological polar surface area (TPSA) is 104 Å². The number of nitrogens with one attached hydrogen (secondary N) is 1. The number of fused-ring (bicyclic) bond motifs is 1. The number of nitrogens with zero attached hydrogens (tertiary/aromatic N) is 5. The zero-order chi connectivity index (χ0) is 24.4. The van der Waals surface area contributed by atoms with E-state index in [0.29, 0.717) is 42.0 Å². The van der Waals surface area contributed by atoms with Gasteiger partial charge in [-0.05, 0) is 31.0 Å². The molecule has 4 aromatic rings. The van der Waals surface area contributed by atoms with Crippen molar-refractivity contribution in [3.05, 3.63) is 71.5 Å². The fourth-order valence-electron chi connectivity index (χ4n) is 4.34. The van der Waals surface area contributed by atoms with Crippen molar-refractivity contribution in [3.63, 3.8) is 0 Å². The second-order valence-electron chi connectivity index (χ2n) is 8.33. The first-order valence-corrected chi connectivity index (χ1v) is 11.5. The molecule has 0 saturated heterocycles. The molecule has 0 aliphatic carbocycles. The van der Waals surface area contributed by atoms with E-state index in [2.05, 4.69) is 27.4 Å². The molecule has 9 nitrogen and oxygen atoms in total. The van der Waals surface area contributed by atoms with E-state index in [0.717, 1.165) is 28.8 Å². The molecule has 1 atom stereocenters. The normalized spacial score (nSPS) is 14.8. The van der Waals surface area contributed by atoms with Crippen LogP contribution in [0.1, 0.15) is 42.5 Å². The molecule has 2 aromatic heterocycles. The highest BCUT2D eigenvalue weighted by Crippen LogP contribution is 2.42. The molecule has 0 bridgehead atoms. The highest BCUT2D eigenvalue weighted by Gasteiger charge is 2.33. The second-order valence-corrected chi connectivity index (χ2v) is 8.33. The minimum atomic E-state index is -0.201. The van der Waals surface area contributed by atoms with E-state index in [9.17, 15) is 4.79 Å². The van der Waals surface area contributed by atoms with Crippen LogP contribution in [0.4, 0.5) is 5.82 Å². The molecule has 0 spiro atoms. The van der Waals surface area contributed by atoms with Crippen LogP contribution in [-0.4, -0.2) is 44.6 Å². The number of methoxy groups -OCH3 is 1. The Kier molecular flexibility index (Phi) is 6.13. The number of carbonyl (C=O) groups is 1. The summed E-state index contributed by atoms with van der Waals surface area (Å²) in [7, 11) is 1.62. The molecule has 0 saturated carbocycles. The lowest BCUT2D eigenvalue weighted by atomic mass is 9.85. The Labute approximate surface area is 203 Å². The van der Waals surface area contributed by atoms with Crippen molar-refractivity contribution in [1.29, 1.82) is 0 Å². The molecule has 5 rings (SSSR count). The Bertz CT molecular complexity index is 1370. The van der Waals surface area contributed by atoms with E-state index in [-0.39, 0.29) is 11.8 Å². The summed E-state index contributed by atoms with van der Waals surface area (Å²) in [5.41, 5.74) is 4.24. The highest BCUT2D eigenvalue weighted by atomic mass is 16.5. The van der Waals surface area contributed by atoms with Gasteiger partial charge in [-0.25, -0.2) is 4.98 Å². The third kappa shape index (κ3) is 4.32. The summed E-state index contributed by atoms with van der Waals surface area (Å²) in [6.07, 6.45) is 2.78. The molecule has 0 fully saturated rings. The maximum absolute atomic E-state index is 12.8. The molecule has 35 heavy (non-hydrogen) atoms. The predicted octanol–water partition coefficient (Wildman–Crippen LogP) is 4.30. The Morgan fingerprint density at radius 1 is 1.14 bits per heavy atom. The fourth-order valence-corrected chi connectivity index (χ4v) is 4.34. The zero-order valence-electron chi connectivity index (χ0n) is 19.9. The maximum atomic E-state index is 12.8. The molecule has 1 aliphatic rings. The summed E-state index contributed by atoms with van der Waals surface area (Å²) in [5.74, 6) is 1.86. The Morgan fingerprint density at radius 2 is 1.97 bits per heavy atom. The van der Waals surface area contributed by atoms with Gasteiger partial charge >= 0.3 is 0 Å². The quantitative estimate of drug-likeness (QED) is 0.429. The fraction of sp³-hybridized carbons (Fsp3) is 0.269. The van der Waals surface area contributed by atoms with Gasteiger partial charge in [0.1, 0.15) is 5.82 Å². The first kappa shape index (κ1) is 22.5. The van der Waals surface area contributed by atoms with Crippen molar-refractivity contribution in [1.82, 2.24) is 25.0 Å². The Morgan fingerprint density at radius 3 is 2.74 bits per heavy atom. The number of hydrogen-bond donors (Lipinski definition) is 1.